The molecule has 0 bridgehead atoms. The first-order valence-corrected chi connectivity index (χ1v) is 6.70. The van der Waals surface area contributed by atoms with Crippen LogP contribution in [0.5, 0.6) is 0 Å². The van der Waals surface area contributed by atoms with E-state index in [4.69, 9.17) is 0 Å². The molecule has 1 aromatic heterocycles. The highest BCUT2D eigenvalue weighted by atomic mass is 32.2. The molecule has 0 N–H and O–H groups in total. The van der Waals surface area contributed by atoms with Gasteiger partial charge in [-0.3, -0.25) is 4.68 Å². The van der Waals surface area contributed by atoms with Crippen LogP contribution in [0.1, 0.15) is 32.0 Å². The standard InChI is InChI=1S/C11H16N4S/c1-2-5-15-10(13-9-14-15)7-11(8-12)4-3-6-16-11/h9H,2-7H2,1H3. The van der Waals surface area contributed by atoms with Gasteiger partial charge in [-0.2, -0.15) is 10.4 Å². The largest absolute Gasteiger partial charge is 0.250 e. The molecule has 1 atom stereocenters. The van der Waals surface area contributed by atoms with E-state index in [1.807, 2.05) is 4.68 Å². The predicted octanol–water partition coefficient (Wildman–Crippen LogP) is 2.02. The second-order valence-corrected chi connectivity index (χ2v) is 5.61. The number of nitriles is 1. The molecule has 4 nitrogen and oxygen atoms in total. The smallest absolute Gasteiger partial charge is 0.138 e. The van der Waals surface area contributed by atoms with Crippen LogP contribution in [-0.2, 0) is 13.0 Å². The topological polar surface area (TPSA) is 54.5 Å². The molecular weight excluding hydrogens is 220 g/mol. The van der Waals surface area contributed by atoms with Gasteiger partial charge in [0.15, 0.2) is 0 Å². The number of thioether (sulfide) groups is 1. The van der Waals surface area contributed by atoms with Gasteiger partial charge in [-0.25, -0.2) is 4.98 Å². The van der Waals surface area contributed by atoms with Crippen LogP contribution in [0, 0.1) is 11.3 Å². The molecule has 0 radical (unpaired) electrons. The van der Waals surface area contributed by atoms with Crippen LogP contribution in [-0.4, -0.2) is 25.3 Å². The summed E-state index contributed by atoms with van der Waals surface area (Å²) in [6.07, 6.45) is 5.49. The first kappa shape index (κ1) is 11.5. The van der Waals surface area contributed by atoms with Crippen LogP contribution >= 0.6 is 11.8 Å². The minimum atomic E-state index is -0.251. The SMILES string of the molecule is CCCn1ncnc1CC1(C#N)CCCS1. The Balaban J connectivity index is 2.13. The van der Waals surface area contributed by atoms with Crippen molar-refractivity contribution in [1.82, 2.24) is 14.8 Å². The zero-order valence-electron chi connectivity index (χ0n) is 9.52. The third kappa shape index (κ3) is 2.22. The summed E-state index contributed by atoms with van der Waals surface area (Å²) < 4.78 is 1.68. The van der Waals surface area contributed by atoms with E-state index < -0.39 is 0 Å². The molecule has 0 saturated carbocycles. The Morgan fingerprint density at radius 2 is 2.56 bits per heavy atom. The molecule has 1 unspecified atom stereocenters. The van der Waals surface area contributed by atoms with Crippen LogP contribution in [0.25, 0.3) is 0 Å². The second-order valence-electron chi connectivity index (χ2n) is 4.13. The van der Waals surface area contributed by atoms with E-state index in [2.05, 4.69) is 23.1 Å². The monoisotopic (exact) mass is 236 g/mol. The summed E-state index contributed by atoms with van der Waals surface area (Å²) in [5, 5.41) is 13.5. The number of rotatable bonds is 4. The predicted molar refractivity (Wildman–Crippen MR) is 64.1 cm³/mol. The van der Waals surface area contributed by atoms with Crippen molar-refractivity contribution in [2.45, 2.75) is 43.9 Å². The Kier molecular flexibility index (Phi) is 3.49. The van der Waals surface area contributed by atoms with Gasteiger partial charge in [-0.1, -0.05) is 6.92 Å². The Morgan fingerprint density at radius 1 is 1.69 bits per heavy atom. The van der Waals surface area contributed by atoms with Crippen molar-refractivity contribution >= 4 is 11.8 Å². The van der Waals surface area contributed by atoms with Gasteiger partial charge in [0, 0.05) is 13.0 Å². The fourth-order valence-electron chi connectivity index (χ4n) is 2.04. The second kappa shape index (κ2) is 4.88. The highest BCUT2D eigenvalue weighted by Gasteiger charge is 2.36. The minimum Gasteiger partial charge on any atom is -0.250 e. The molecule has 0 aliphatic carbocycles. The molecule has 16 heavy (non-hydrogen) atoms. The lowest BCUT2D eigenvalue weighted by Gasteiger charge is -2.18. The number of aromatic nitrogens is 3. The van der Waals surface area contributed by atoms with Gasteiger partial charge in [0.05, 0.1) is 6.07 Å². The van der Waals surface area contributed by atoms with E-state index in [-0.39, 0.29) is 4.75 Å². The Morgan fingerprint density at radius 3 is 3.19 bits per heavy atom. The van der Waals surface area contributed by atoms with Crippen molar-refractivity contribution in [2.24, 2.45) is 0 Å². The lowest BCUT2D eigenvalue weighted by Crippen LogP contribution is -2.24. The summed E-state index contributed by atoms with van der Waals surface area (Å²) in [7, 11) is 0. The third-order valence-electron chi connectivity index (χ3n) is 2.88. The maximum Gasteiger partial charge on any atom is 0.138 e. The maximum absolute atomic E-state index is 9.31. The van der Waals surface area contributed by atoms with Crippen LogP contribution in [0.15, 0.2) is 6.33 Å². The summed E-state index contributed by atoms with van der Waals surface area (Å²) in [4.78, 5) is 4.28. The summed E-state index contributed by atoms with van der Waals surface area (Å²) in [6, 6.07) is 2.47. The van der Waals surface area contributed by atoms with Crippen molar-refractivity contribution in [2.75, 3.05) is 5.75 Å². The van der Waals surface area contributed by atoms with Crippen molar-refractivity contribution < 1.29 is 0 Å². The van der Waals surface area contributed by atoms with Crippen LogP contribution in [0.2, 0.25) is 0 Å². The lowest BCUT2D eigenvalue weighted by molar-refractivity contribution is 0.544. The van der Waals surface area contributed by atoms with E-state index in [0.717, 1.165) is 43.8 Å². The normalized spacial score (nSPS) is 24.5. The number of hydrogen-bond donors (Lipinski definition) is 0. The average molecular weight is 236 g/mol. The van der Waals surface area contributed by atoms with Gasteiger partial charge in [0.2, 0.25) is 0 Å². The molecular formula is C11H16N4S. The maximum atomic E-state index is 9.31. The van der Waals surface area contributed by atoms with Crippen molar-refractivity contribution in [3.05, 3.63) is 12.2 Å². The third-order valence-corrected chi connectivity index (χ3v) is 4.37. The molecule has 5 heteroatoms. The fraction of sp³-hybridized carbons (Fsp3) is 0.727. The lowest BCUT2D eigenvalue weighted by atomic mass is 10.0. The highest BCUT2D eigenvalue weighted by molar-refractivity contribution is 8.01. The molecule has 2 heterocycles. The zero-order valence-corrected chi connectivity index (χ0v) is 10.3. The fourth-order valence-corrected chi connectivity index (χ4v) is 3.31. The van der Waals surface area contributed by atoms with Gasteiger partial charge in [-0.15, -0.1) is 11.8 Å². The van der Waals surface area contributed by atoms with Crippen LogP contribution in [0.3, 0.4) is 0 Å². The molecule has 0 amide bonds. The quantitative estimate of drug-likeness (QED) is 0.802. The molecule has 0 aromatic carbocycles. The van der Waals surface area contributed by atoms with Gasteiger partial charge in [0.25, 0.3) is 0 Å². The van der Waals surface area contributed by atoms with Gasteiger partial charge < -0.3 is 0 Å². The average Bonchev–Trinajstić information content (AvgIpc) is 2.91. The van der Waals surface area contributed by atoms with E-state index in [0.29, 0.717) is 0 Å². The molecule has 0 spiro atoms. The van der Waals surface area contributed by atoms with E-state index in [1.54, 1.807) is 18.1 Å². The zero-order chi connectivity index (χ0) is 11.4. The summed E-state index contributed by atoms with van der Waals surface area (Å²) >= 11 is 1.77. The molecule has 1 aliphatic rings. The van der Waals surface area contributed by atoms with E-state index >= 15 is 0 Å². The molecule has 1 saturated heterocycles. The van der Waals surface area contributed by atoms with Gasteiger partial charge in [0.1, 0.15) is 16.9 Å². The first-order valence-electron chi connectivity index (χ1n) is 5.71. The van der Waals surface area contributed by atoms with Crippen molar-refractivity contribution in [1.29, 1.82) is 5.26 Å². The minimum absolute atomic E-state index is 0.251. The number of hydrogen-bond acceptors (Lipinski definition) is 4. The Labute approximate surface area is 100 Å². The van der Waals surface area contributed by atoms with Crippen molar-refractivity contribution in [3.63, 3.8) is 0 Å². The van der Waals surface area contributed by atoms with Gasteiger partial charge in [-0.05, 0) is 25.0 Å². The Hall–Kier alpha value is -1.02. The molecule has 1 fully saturated rings. The molecule has 1 aliphatic heterocycles. The summed E-state index contributed by atoms with van der Waals surface area (Å²) in [5.41, 5.74) is 0. The summed E-state index contributed by atoms with van der Waals surface area (Å²) in [6.45, 7) is 3.01. The van der Waals surface area contributed by atoms with Crippen LogP contribution in [0.4, 0.5) is 0 Å². The Bertz CT molecular complexity index is 387. The highest BCUT2D eigenvalue weighted by Crippen LogP contribution is 2.39. The molecule has 1 aromatic rings. The number of nitrogens with zero attached hydrogens (tertiary/aromatic N) is 4. The van der Waals surface area contributed by atoms with Crippen LogP contribution < -0.4 is 0 Å². The number of aryl methyl sites for hydroxylation is 1. The first-order chi connectivity index (χ1) is 7.79. The van der Waals surface area contributed by atoms with E-state index in [9.17, 15) is 5.26 Å². The molecule has 2 rings (SSSR count). The summed E-state index contributed by atoms with van der Waals surface area (Å²) in [5.74, 6) is 2.05. The van der Waals surface area contributed by atoms with Gasteiger partial charge >= 0.3 is 0 Å². The molecule has 86 valence electrons. The van der Waals surface area contributed by atoms with Crippen molar-refractivity contribution in [3.8, 4) is 6.07 Å². The van der Waals surface area contributed by atoms with E-state index in [1.165, 1.54) is 0 Å².